The summed E-state index contributed by atoms with van der Waals surface area (Å²) in [7, 11) is 0. The molecular weight excluding hydrogens is 172 g/mol. The molecule has 0 spiro atoms. The minimum absolute atomic E-state index is 0.0849. The second-order valence-electron chi connectivity index (χ2n) is 2.72. The lowest BCUT2D eigenvalue weighted by Crippen LogP contribution is -2.08. The van der Waals surface area contributed by atoms with E-state index in [1.54, 1.807) is 6.92 Å². The van der Waals surface area contributed by atoms with Crippen LogP contribution in [0.15, 0.2) is 11.6 Å². The summed E-state index contributed by atoms with van der Waals surface area (Å²) in [6.45, 7) is 1.97. The summed E-state index contributed by atoms with van der Waals surface area (Å²) in [6.07, 6.45) is 1.03. The molecule has 1 aliphatic carbocycles. The molecule has 4 heteroatoms. The minimum atomic E-state index is -0.461. The first-order chi connectivity index (χ1) is 6.13. The third kappa shape index (κ3) is 2.50. The Hall–Kier alpha value is -1.45. The third-order valence-electron chi connectivity index (χ3n) is 1.67. The Labute approximate surface area is 75.6 Å². The number of allylic oxidation sites excluding steroid dienone is 1. The fraction of sp³-hybridized carbons (Fsp3) is 0.444. The Morgan fingerprint density at radius 3 is 2.69 bits per heavy atom. The van der Waals surface area contributed by atoms with Crippen LogP contribution in [0.5, 0.6) is 0 Å². The summed E-state index contributed by atoms with van der Waals surface area (Å²) >= 11 is 0. The van der Waals surface area contributed by atoms with Crippen LogP contribution in [0.2, 0.25) is 0 Å². The molecule has 0 N–H and O–H groups in total. The Bertz CT molecular complexity index is 288. The van der Waals surface area contributed by atoms with Crippen LogP contribution in [-0.2, 0) is 19.1 Å². The molecule has 0 atom stereocenters. The Balaban J connectivity index is 2.54. The second kappa shape index (κ2) is 3.98. The van der Waals surface area contributed by atoms with Crippen molar-refractivity contribution >= 4 is 17.5 Å². The van der Waals surface area contributed by atoms with Gasteiger partial charge in [-0.3, -0.25) is 14.4 Å². The maximum atomic E-state index is 11.0. The Kier molecular flexibility index (Phi) is 2.95. The van der Waals surface area contributed by atoms with Crippen LogP contribution in [0.4, 0.5) is 0 Å². The van der Waals surface area contributed by atoms with Crippen molar-refractivity contribution in [3.05, 3.63) is 11.6 Å². The number of hydrogen-bond donors (Lipinski definition) is 0. The van der Waals surface area contributed by atoms with Crippen LogP contribution in [0.3, 0.4) is 0 Å². The van der Waals surface area contributed by atoms with Crippen molar-refractivity contribution in [3.63, 3.8) is 0 Å². The van der Waals surface area contributed by atoms with E-state index in [1.165, 1.54) is 6.08 Å². The van der Waals surface area contributed by atoms with Gasteiger partial charge in [0, 0.05) is 5.57 Å². The minimum Gasteiger partial charge on any atom is -0.466 e. The molecule has 1 aliphatic rings. The van der Waals surface area contributed by atoms with Crippen molar-refractivity contribution in [3.8, 4) is 0 Å². The SMILES string of the molecule is CCOC(=O)CC1=CC(=O)CC1=O. The molecule has 70 valence electrons. The van der Waals surface area contributed by atoms with E-state index in [-0.39, 0.29) is 36.6 Å². The monoisotopic (exact) mass is 182 g/mol. The zero-order valence-electron chi connectivity index (χ0n) is 7.33. The molecule has 0 aromatic heterocycles. The smallest absolute Gasteiger partial charge is 0.310 e. The Morgan fingerprint density at radius 2 is 2.23 bits per heavy atom. The van der Waals surface area contributed by atoms with E-state index in [0.29, 0.717) is 0 Å². The van der Waals surface area contributed by atoms with E-state index in [4.69, 9.17) is 0 Å². The lowest BCUT2D eigenvalue weighted by atomic mass is 10.1. The first-order valence-electron chi connectivity index (χ1n) is 4.05. The molecule has 0 aliphatic heterocycles. The summed E-state index contributed by atoms with van der Waals surface area (Å²) in [6, 6.07) is 0. The number of carbonyl (C=O) groups is 3. The molecule has 0 heterocycles. The quantitative estimate of drug-likeness (QED) is 0.468. The van der Waals surface area contributed by atoms with E-state index in [2.05, 4.69) is 4.74 Å². The van der Waals surface area contributed by atoms with Gasteiger partial charge in [0.15, 0.2) is 11.6 Å². The number of carbonyl (C=O) groups excluding carboxylic acids is 3. The standard InChI is InChI=1S/C9H10O4/c1-2-13-9(12)4-6-3-7(10)5-8(6)11/h3H,2,4-5H2,1H3. The predicted octanol–water partition coefficient (Wildman–Crippen LogP) is 0.408. The lowest BCUT2D eigenvalue weighted by molar-refractivity contribution is -0.142. The van der Waals surface area contributed by atoms with E-state index < -0.39 is 5.97 Å². The molecule has 4 nitrogen and oxygen atoms in total. The van der Waals surface area contributed by atoms with Gasteiger partial charge in [0.25, 0.3) is 0 Å². The molecule has 0 fully saturated rings. The van der Waals surface area contributed by atoms with Gasteiger partial charge in [-0.15, -0.1) is 0 Å². The number of Topliss-reactive ketones (excluding diaryl/α,β-unsaturated/α-hetero) is 1. The first-order valence-corrected chi connectivity index (χ1v) is 4.05. The van der Waals surface area contributed by atoms with Crippen LogP contribution in [-0.4, -0.2) is 24.1 Å². The number of ketones is 2. The maximum Gasteiger partial charge on any atom is 0.310 e. The first kappa shape index (κ1) is 9.64. The number of rotatable bonds is 3. The van der Waals surface area contributed by atoms with Gasteiger partial charge >= 0.3 is 5.97 Å². The van der Waals surface area contributed by atoms with E-state index in [9.17, 15) is 14.4 Å². The van der Waals surface area contributed by atoms with Crippen LogP contribution in [0.1, 0.15) is 19.8 Å². The van der Waals surface area contributed by atoms with E-state index in [0.717, 1.165) is 0 Å². The fourth-order valence-electron chi connectivity index (χ4n) is 1.11. The molecule has 0 saturated heterocycles. The average Bonchev–Trinajstić information content (AvgIpc) is 2.30. The Morgan fingerprint density at radius 1 is 1.54 bits per heavy atom. The highest BCUT2D eigenvalue weighted by molar-refractivity contribution is 6.20. The molecule has 0 saturated carbocycles. The highest BCUT2D eigenvalue weighted by Gasteiger charge is 2.23. The van der Waals surface area contributed by atoms with Gasteiger partial charge in [0.2, 0.25) is 0 Å². The number of esters is 1. The zero-order chi connectivity index (χ0) is 9.84. The summed E-state index contributed by atoms with van der Waals surface area (Å²) in [5.74, 6) is -0.959. The predicted molar refractivity (Wildman–Crippen MR) is 44.0 cm³/mol. The molecule has 0 aromatic carbocycles. The molecule has 0 amide bonds. The van der Waals surface area contributed by atoms with Crippen molar-refractivity contribution < 1.29 is 19.1 Å². The van der Waals surface area contributed by atoms with Crippen molar-refractivity contribution in [2.24, 2.45) is 0 Å². The molecular formula is C9H10O4. The third-order valence-corrected chi connectivity index (χ3v) is 1.67. The molecule has 13 heavy (non-hydrogen) atoms. The van der Waals surface area contributed by atoms with Gasteiger partial charge in [0.05, 0.1) is 19.4 Å². The van der Waals surface area contributed by atoms with Gasteiger partial charge < -0.3 is 4.74 Å². The maximum absolute atomic E-state index is 11.0. The van der Waals surface area contributed by atoms with Gasteiger partial charge in [0.1, 0.15) is 0 Å². The van der Waals surface area contributed by atoms with E-state index in [1.807, 2.05) is 0 Å². The van der Waals surface area contributed by atoms with Gasteiger partial charge in [-0.25, -0.2) is 0 Å². The molecule has 0 unspecified atom stereocenters. The summed E-state index contributed by atoms with van der Waals surface area (Å²) < 4.78 is 4.64. The molecule has 0 bridgehead atoms. The molecule has 0 radical (unpaired) electrons. The second-order valence-corrected chi connectivity index (χ2v) is 2.72. The topological polar surface area (TPSA) is 60.4 Å². The molecule has 1 rings (SSSR count). The number of ether oxygens (including phenoxy) is 1. The molecule has 0 aromatic rings. The van der Waals surface area contributed by atoms with Crippen LogP contribution in [0.25, 0.3) is 0 Å². The van der Waals surface area contributed by atoms with Gasteiger partial charge in [-0.05, 0) is 13.0 Å². The fourth-order valence-corrected chi connectivity index (χ4v) is 1.11. The number of hydrogen-bond acceptors (Lipinski definition) is 4. The average molecular weight is 182 g/mol. The highest BCUT2D eigenvalue weighted by Crippen LogP contribution is 2.14. The van der Waals surface area contributed by atoms with Crippen molar-refractivity contribution in [2.45, 2.75) is 19.8 Å². The highest BCUT2D eigenvalue weighted by atomic mass is 16.5. The van der Waals surface area contributed by atoms with Gasteiger partial charge in [-0.2, -0.15) is 0 Å². The van der Waals surface area contributed by atoms with Crippen molar-refractivity contribution in [1.82, 2.24) is 0 Å². The normalized spacial score (nSPS) is 15.9. The van der Waals surface area contributed by atoms with Crippen LogP contribution < -0.4 is 0 Å². The summed E-state index contributed by atoms with van der Waals surface area (Å²) in [5.41, 5.74) is 0.267. The summed E-state index contributed by atoms with van der Waals surface area (Å²) in [5, 5.41) is 0. The van der Waals surface area contributed by atoms with Crippen molar-refractivity contribution in [2.75, 3.05) is 6.61 Å². The zero-order valence-corrected chi connectivity index (χ0v) is 7.33. The largest absolute Gasteiger partial charge is 0.466 e. The van der Waals surface area contributed by atoms with Crippen LogP contribution in [0, 0.1) is 0 Å². The summed E-state index contributed by atoms with van der Waals surface area (Å²) in [4.78, 5) is 32.7. The van der Waals surface area contributed by atoms with Crippen molar-refractivity contribution in [1.29, 1.82) is 0 Å². The van der Waals surface area contributed by atoms with Crippen LogP contribution >= 0.6 is 0 Å². The lowest BCUT2D eigenvalue weighted by Gasteiger charge is -2.00. The van der Waals surface area contributed by atoms with E-state index >= 15 is 0 Å². The van der Waals surface area contributed by atoms with Gasteiger partial charge in [-0.1, -0.05) is 0 Å².